The highest BCUT2D eigenvalue weighted by molar-refractivity contribution is 5.81. The van der Waals surface area contributed by atoms with Crippen molar-refractivity contribution in [3.63, 3.8) is 0 Å². The topological polar surface area (TPSA) is 0 Å². The van der Waals surface area contributed by atoms with Crippen molar-refractivity contribution < 1.29 is 0 Å². The van der Waals surface area contributed by atoms with Crippen molar-refractivity contribution in [3.05, 3.63) is 210 Å². The van der Waals surface area contributed by atoms with Gasteiger partial charge in [-0.1, -0.05) is 133 Å². The van der Waals surface area contributed by atoms with Crippen LogP contribution in [0.3, 0.4) is 0 Å². The van der Waals surface area contributed by atoms with Crippen molar-refractivity contribution in [1.29, 1.82) is 0 Å². The van der Waals surface area contributed by atoms with Gasteiger partial charge in [0.2, 0.25) is 0 Å². The van der Waals surface area contributed by atoms with Gasteiger partial charge < -0.3 is 0 Å². The first kappa shape index (κ1) is 26.1. The molecule has 0 heteroatoms. The van der Waals surface area contributed by atoms with Gasteiger partial charge in [0.25, 0.3) is 0 Å². The molecular formula is C46H34. The average Bonchev–Trinajstić information content (AvgIpc) is 3.10. The molecular weight excluding hydrogens is 553 g/mol. The molecule has 46 heavy (non-hydrogen) atoms. The Bertz CT molecular complexity index is 2130. The van der Waals surface area contributed by atoms with E-state index in [4.69, 9.17) is 0 Å². The molecule has 6 aliphatic rings. The molecule has 0 radical (unpaired) electrons. The Morgan fingerprint density at radius 3 is 0.978 bits per heavy atom. The summed E-state index contributed by atoms with van der Waals surface area (Å²) in [6.07, 6.45) is 0. The fraction of sp³-hybridized carbons (Fsp3) is 0.174. The van der Waals surface area contributed by atoms with Gasteiger partial charge in [-0.15, -0.1) is 0 Å². The van der Waals surface area contributed by atoms with Crippen LogP contribution in [0.2, 0.25) is 0 Å². The minimum absolute atomic E-state index is 0.223. The van der Waals surface area contributed by atoms with Gasteiger partial charge >= 0.3 is 0 Å². The molecule has 4 bridgehead atoms. The summed E-state index contributed by atoms with van der Waals surface area (Å²) in [6.45, 7) is 9.18. The van der Waals surface area contributed by atoms with Crippen LogP contribution >= 0.6 is 0 Å². The third kappa shape index (κ3) is 2.85. The van der Waals surface area contributed by atoms with Crippen LogP contribution < -0.4 is 0 Å². The van der Waals surface area contributed by atoms with E-state index < -0.39 is 10.8 Å². The first-order valence-corrected chi connectivity index (χ1v) is 16.6. The van der Waals surface area contributed by atoms with Gasteiger partial charge in [0.1, 0.15) is 10.8 Å². The molecule has 0 fully saturated rings. The Kier molecular flexibility index (Phi) is 4.99. The molecule has 0 saturated heterocycles. The molecule has 0 N–H and O–H groups in total. The number of hydrogen-bond acceptors (Lipinski definition) is 0. The SMILES string of the molecule is Cc1ccc(C)c2c1C1c3ccccc3C2(C#CC23c4ccccc4C(c4ccccc42)c2c(C)ccc(C)c23)c2ccccc21. The maximum absolute atomic E-state index is 4.26. The van der Waals surface area contributed by atoms with Crippen molar-refractivity contribution in [1.82, 2.24) is 0 Å². The first-order valence-electron chi connectivity index (χ1n) is 16.6. The fourth-order valence-corrected chi connectivity index (χ4v) is 10.1. The lowest BCUT2D eigenvalue weighted by Gasteiger charge is -2.51. The van der Waals surface area contributed by atoms with E-state index >= 15 is 0 Å². The zero-order valence-corrected chi connectivity index (χ0v) is 26.7. The highest BCUT2D eigenvalue weighted by atomic mass is 14.6. The summed E-state index contributed by atoms with van der Waals surface area (Å²) >= 11 is 0. The highest BCUT2D eigenvalue weighted by Crippen LogP contribution is 2.63. The predicted octanol–water partition coefficient (Wildman–Crippen LogP) is 9.91. The second-order valence-corrected chi connectivity index (χ2v) is 13.9. The summed E-state index contributed by atoms with van der Waals surface area (Å²) in [5, 5.41) is 0. The second kappa shape index (κ2) is 8.78. The molecule has 0 heterocycles. The molecule has 0 nitrogen and oxygen atoms in total. The van der Waals surface area contributed by atoms with Gasteiger partial charge in [-0.25, -0.2) is 0 Å². The summed E-state index contributed by atoms with van der Waals surface area (Å²) in [5.74, 6) is 8.98. The smallest absolute Gasteiger partial charge is 0.0802 e. The summed E-state index contributed by atoms with van der Waals surface area (Å²) in [6, 6.07) is 45.8. The minimum atomic E-state index is -0.585. The van der Waals surface area contributed by atoms with Gasteiger partial charge in [-0.3, -0.25) is 0 Å². The van der Waals surface area contributed by atoms with Gasteiger partial charge in [-0.2, -0.15) is 0 Å². The third-order valence-electron chi connectivity index (χ3n) is 11.8. The van der Waals surface area contributed by atoms with E-state index in [1.807, 2.05) is 0 Å². The van der Waals surface area contributed by atoms with Crippen LogP contribution in [0.1, 0.15) is 101 Å². The molecule has 6 aliphatic carbocycles. The highest BCUT2D eigenvalue weighted by Gasteiger charge is 2.55. The molecule has 0 unspecified atom stereocenters. The Labute approximate surface area is 271 Å². The summed E-state index contributed by atoms with van der Waals surface area (Å²) in [4.78, 5) is 0. The Balaban J connectivity index is 1.41. The van der Waals surface area contributed by atoms with Crippen molar-refractivity contribution in [2.24, 2.45) is 0 Å². The monoisotopic (exact) mass is 586 g/mol. The van der Waals surface area contributed by atoms with E-state index in [-0.39, 0.29) is 11.8 Å². The van der Waals surface area contributed by atoms with Crippen LogP contribution in [0.15, 0.2) is 121 Å². The molecule has 6 aromatic carbocycles. The molecule has 0 aromatic heterocycles. The quantitative estimate of drug-likeness (QED) is 0.155. The van der Waals surface area contributed by atoms with Crippen LogP contribution in [-0.4, -0.2) is 0 Å². The number of hydrogen-bond donors (Lipinski definition) is 0. The Hall–Kier alpha value is -5.12. The van der Waals surface area contributed by atoms with E-state index in [0.29, 0.717) is 0 Å². The van der Waals surface area contributed by atoms with E-state index in [2.05, 4.69) is 161 Å². The first-order chi connectivity index (χ1) is 22.5. The molecule has 0 spiro atoms. The fourth-order valence-electron chi connectivity index (χ4n) is 10.1. The van der Waals surface area contributed by atoms with Crippen molar-refractivity contribution in [2.45, 2.75) is 50.4 Å². The van der Waals surface area contributed by atoms with Crippen LogP contribution in [0.5, 0.6) is 0 Å². The predicted molar refractivity (Wildman–Crippen MR) is 187 cm³/mol. The minimum Gasteiger partial charge on any atom is -0.0802 e. The molecule has 0 atom stereocenters. The zero-order valence-electron chi connectivity index (χ0n) is 26.7. The maximum atomic E-state index is 4.26. The summed E-state index contributed by atoms with van der Waals surface area (Å²) < 4.78 is 0. The van der Waals surface area contributed by atoms with Crippen LogP contribution in [-0.2, 0) is 10.8 Å². The molecule has 6 aromatic rings. The zero-order chi connectivity index (χ0) is 30.9. The number of benzene rings is 6. The molecule has 0 saturated carbocycles. The second-order valence-electron chi connectivity index (χ2n) is 13.9. The molecule has 12 rings (SSSR count). The summed E-state index contributed by atoms with van der Waals surface area (Å²) in [7, 11) is 0. The molecule has 0 aliphatic heterocycles. The Morgan fingerprint density at radius 2 is 0.652 bits per heavy atom. The lowest BCUT2D eigenvalue weighted by Crippen LogP contribution is -2.45. The van der Waals surface area contributed by atoms with Crippen LogP contribution in [0.25, 0.3) is 0 Å². The standard InChI is InChI=1S/C46H34/c1-27-21-23-29(3)43-39(27)41-31-13-5-9-17-35(31)45(43,36-18-10-6-14-32(36)41)25-26-46-37-19-11-7-15-33(37)42(34-16-8-12-20-38(34)46)40-28(2)22-24-30(4)44(40)46/h5-24,41-42H,1-4H3. The van der Waals surface area contributed by atoms with Crippen LogP contribution in [0.4, 0.5) is 0 Å². The average molecular weight is 587 g/mol. The van der Waals surface area contributed by atoms with Gasteiger partial charge in [0, 0.05) is 11.8 Å². The Morgan fingerprint density at radius 1 is 0.370 bits per heavy atom. The van der Waals surface area contributed by atoms with Gasteiger partial charge in [0.05, 0.1) is 0 Å². The van der Waals surface area contributed by atoms with Crippen LogP contribution in [0, 0.1) is 39.5 Å². The van der Waals surface area contributed by atoms with E-state index in [1.54, 1.807) is 0 Å². The third-order valence-corrected chi connectivity index (χ3v) is 11.8. The van der Waals surface area contributed by atoms with Gasteiger partial charge in [-0.05, 0) is 117 Å². The number of aryl methyl sites for hydroxylation is 4. The molecule has 218 valence electrons. The van der Waals surface area contributed by atoms with E-state index in [1.165, 1.54) is 89.0 Å². The largest absolute Gasteiger partial charge is 0.107 e. The van der Waals surface area contributed by atoms with E-state index in [9.17, 15) is 0 Å². The maximum Gasteiger partial charge on any atom is 0.107 e. The van der Waals surface area contributed by atoms with Crippen molar-refractivity contribution in [3.8, 4) is 11.8 Å². The van der Waals surface area contributed by atoms with Crippen molar-refractivity contribution >= 4 is 0 Å². The lowest BCUT2D eigenvalue weighted by atomic mass is 9.50. The van der Waals surface area contributed by atoms with E-state index in [0.717, 1.165) is 0 Å². The normalized spacial score (nSPS) is 23.2. The molecule has 0 amide bonds. The number of rotatable bonds is 0. The van der Waals surface area contributed by atoms with Gasteiger partial charge in [0.15, 0.2) is 0 Å². The lowest BCUT2D eigenvalue weighted by molar-refractivity contribution is 0.640. The van der Waals surface area contributed by atoms with Crippen molar-refractivity contribution in [2.75, 3.05) is 0 Å². The summed E-state index contributed by atoms with van der Waals surface area (Å²) in [5.41, 5.74) is 20.8.